The monoisotopic (exact) mass is 449 g/mol. The highest BCUT2D eigenvalue weighted by Crippen LogP contribution is 2.41. The van der Waals surface area contributed by atoms with Gasteiger partial charge in [0, 0.05) is 24.9 Å². The molecule has 2 aromatic heterocycles. The molecule has 0 bridgehead atoms. The van der Waals surface area contributed by atoms with Gasteiger partial charge in [-0.05, 0) is 61.5 Å². The number of ether oxygens (including phenoxy) is 1. The smallest absolute Gasteiger partial charge is 0.335 e. The van der Waals surface area contributed by atoms with Crippen LogP contribution in [0, 0.1) is 0 Å². The van der Waals surface area contributed by atoms with Crippen LogP contribution >= 0.6 is 12.2 Å². The zero-order valence-corrected chi connectivity index (χ0v) is 18.1. The Balaban J connectivity index is 1.48. The van der Waals surface area contributed by atoms with E-state index in [-0.39, 0.29) is 23.8 Å². The van der Waals surface area contributed by atoms with Crippen molar-refractivity contribution in [2.45, 2.75) is 31.0 Å². The maximum atomic E-state index is 11.1. The normalized spacial score (nSPS) is 22.8. The standard InChI is InChI=1S/C24H23N3O4S/c28-23(29)16-8-6-15(7-9-16)19-10-11-20(31-19)22-21(18-5-1-2-12-25-18)26-24(32)27(22)14-17-4-3-13-30-17/h1-2,5-12,17,21-22H,3-4,13-14H2,(H,26,32)(H,28,29)/t17-,21+,22+/m0/s1. The van der Waals surface area contributed by atoms with Crippen molar-refractivity contribution in [2.75, 3.05) is 13.2 Å². The molecular weight excluding hydrogens is 426 g/mol. The maximum absolute atomic E-state index is 11.1. The highest BCUT2D eigenvalue weighted by molar-refractivity contribution is 7.80. The Morgan fingerprint density at radius 3 is 2.72 bits per heavy atom. The summed E-state index contributed by atoms with van der Waals surface area (Å²) in [6, 6.07) is 16.0. The lowest BCUT2D eigenvalue weighted by atomic mass is 10.0. The number of carboxylic acid groups (broad SMARTS) is 1. The highest BCUT2D eigenvalue weighted by atomic mass is 32.1. The van der Waals surface area contributed by atoms with Crippen LogP contribution in [0.15, 0.2) is 65.2 Å². The fourth-order valence-corrected chi connectivity index (χ4v) is 4.68. The fourth-order valence-electron chi connectivity index (χ4n) is 4.36. The number of carbonyl (C=O) groups is 1. The Bertz CT molecular complexity index is 1110. The molecule has 0 radical (unpaired) electrons. The van der Waals surface area contributed by atoms with Crippen LogP contribution in [0.1, 0.15) is 46.7 Å². The third kappa shape index (κ3) is 3.99. The maximum Gasteiger partial charge on any atom is 0.335 e. The first-order chi connectivity index (χ1) is 15.6. The Morgan fingerprint density at radius 2 is 2.03 bits per heavy atom. The molecule has 32 heavy (non-hydrogen) atoms. The minimum absolute atomic E-state index is 0.137. The number of furan rings is 1. The van der Waals surface area contributed by atoms with E-state index >= 15 is 0 Å². The number of rotatable bonds is 6. The van der Waals surface area contributed by atoms with Crippen LogP contribution in [0.25, 0.3) is 11.3 Å². The van der Waals surface area contributed by atoms with E-state index in [0.29, 0.717) is 17.4 Å². The zero-order chi connectivity index (χ0) is 22.1. The number of pyridine rings is 1. The summed E-state index contributed by atoms with van der Waals surface area (Å²) in [6.07, 6.45) is 3.99. The van der Waals surface area contributed by atoms with E-state index in [1.807, 2.05) is 30.3 Å². The number of thiocarbonyl (C=S) groups is 1. The summed E-state index contributed by atoms with van der Waals surface area (Å²) in [5, 5.41) is 13.2. The van der Waals surface area contributed by atoms with Crippen molar-refractivity contribution in [3.05, 3.63) is 77.8 Å². The van der Waals surface area contributed by atoms with Gasteiger partial charge in [-0.1, -0.05) is 18.2 Å². The van der Waals surface area contributed by atoms with Gasteiger partial charge in [0.05, 0.1) is 23.4 Å². The first-order valence-electron chi connectivity index (χ1n) is 10.6. The van der Waals surface area contributed by atoms with Gasteiger partial charge < -0.3 is 24.5 Å². The van der Waals surface area contributed by atoms with Crippen molar-refractivity contribution in [1.82, 2.24) is 15.2 Å². The molecule has 1 aromatic carbocycles. The van der Waals surface area contributed by atoms with Gasteiger partial charge in [0.25, 0.3) is 0 Å². The van der Waals surface area contributed by atoms with E-state index in [4.69, 9.17) is 26.5 Å². The Kier molecular flexibility index (Phi) is 5.63. The summed E-state index contributed by atoms with van der Waals surface area (Å²) in [5.74, 6) is 0.486. The van der Waals surface area contributed by atoms with Crippen LogP contribution < -0.4 is 5.32 Å². The lowest BCUT2D eigenvalue weighted by Crippen LogP contribution is -2.36. The van der Waals surface area contributed by atoms with Crippen LogP contribution in [-0.2, 0) is 4.74 Å². The molecule has 0 unspecified atom stereocenters. The highest BCUT2D eigenvalue weighted by Gasteiger charge is 2.42. The van der Waals surface area contributed by atoms with Gasteiger partial charge in [-0.2, -0.15) is 0 Å². The number of nitrogens with zero attached hydrogens (tertiary/aromatic N) is 2. The molecule has 2 fully saturated rings. The number of aromatic carboxylic acids is 1. The largest absolute Gasteiger partial charge is 0.478 e. The van der Waals surface area contributed by atoms with Gasteiger partial charge in [0.1, 0.15) is 17.6 Å². The zero-order valence-electron chi connectivity index (χ0n) is 17.3. The van der Waals surface area contributed by atoms with Gasteiger partial charge in [-0.3, -0.25) is 4.98 Å². The fraction of sp³-hybridized carbons (Fsp3) is 0.292. The van der Waals surface area contributed by atoms with Crippen molar-refractivity contribution < 1.29 is 19.1 Å². The average Bonchev–Trinajstić information content (AvgIpc) is 3.56. The molecule has 5 rings (SSSR count). The molecule has 0 amide bonds. The molecule has 0 spiro atoms. The summed E-state index contributed by atoms with van der Waals surface area (Å²) in [6.45, 7) is 1.47. The van der Waals surface area contributed by atoms with Gasteiger partial charge in [-0.25, -0.2) is 4.79 Å². The molecule has 2 aliphatic heterocycles. The van der Waals surface area contributed by atoms with E-state index < -0.39 is 5.97 Å². The molecule has 3 aromatic rings. The third-order valence-electron chi connectivity index (χ3n) is 5.96. The first-order valence-corrected chi connectivity index (χ1v) is 11.0. The van der Waals surface area contributed by atoms with Crippen LogP contribution in [-0.4, -0.2) is 45.3 Å². The topological polar surface area (TPSA) is 87.8 Å². The summed E-state index contributed by atoms with van der Waals surface area (Å²) >= 11 is 5.70. The predicted octanol–water partition coefficient (Wildman–Crippen LogP) is 4.19. The SMILES string of the molecule is O=C(O)c1ccc(-c2ccc([C@@H]3[C@@H](c4ccccn4)NC(=S)N3C[C@@H]3CCCO3)o2)cc1. The lowest BCUT2D eigenvalue weighted by Gasteiger charge is -2.28. The van der Waals surface area contributed by atoms with Crippen molar-refractivity contribution in [1.29, 1.82) is 0 Å². The van der Waals surface area contributed by atoms with Crippen molar-refractivity contribution in [3.8, 4) is 11.3 Å². The molecule has 2 aliphatic rings. The summed E-state index contributed by atoms with van der Waals surface area (Å²) in [5.41, 5.74) is 1.94. The van der Waals surface area contributed by atoms with Gasteiger partial charge >= 0.3 is 5.97 Å². The summed E-state index contributed by atoms with van der Waals surface area (Å²) in [4.78, 5) is 17.8. The van der Waals surface area contributed by atoms with E-state index in [0.717, 1.165) is 36.5 Å². The number of hydrogen-bond acceptors (Lipinski definition) is 5. The summed E-state index contributed by atoms with van der Waals surface area (Å²) in [7, 11) is 0. The molecule has 0 aliphatic carbocycles. The number of hydrogen-bond donors (Lipinski definition) is 2. The lowest BCUT2D eigenvalue weighted by molar-refractivity contribution is 0.0696. The van der Waals surface area contributed by atoms with Crippen LogP contribution in [0.5, 0.6) is 0 Å². The second kappa shape index (κ2) is 8.72. The second-order valence-corrected chi connectivity index (χ2v) is 8.39. The molecule has 164 valence electrons. The quantitative estimate of drug-likeness (QED) is 0.542. The molecule has 2 N–H and O–H groups in total. The molecule has 2 saturated heterocycles. The molecule has 3 atom stereocenters. The summed E-state index contributed by atoms with van der Waals surface area (Å²) < 4.78 is 12.2. The van der Waals surface area contributed by atoms with E-state index in [2.05, 4.69) is 15.2 Å². The molecule has 8 heteroatoms. The Hall–Kier alpha value is -3.23. The molecule has 7 nitrogen and oxygen atoms in total. The minimum Gasteiger partial charge on any atom is -0.478 e. The first kappa shape index (κ1) is 20.7. The van der Waals surface area contributed by atoms with Crippen molar-refractivity contribution >= 4 is 23.3 Å². The Morgan fingerprint density at radius 1 is 1.19 bits per heavy atom. The van der Waals surface area contributed by atoms with Gasteiger partial charge in [0.15, 0.2) is 5.11 Å². The Labute approximate surface area is 191 Å². The molecule has 4 heterocycles. The average molecular weight is 450 g/mol. The molecule has 0 saturated carbocycles. The van der Waals surface area contributed by atoms with E-state index in [1.54, 1.807) is 30.5 Å². The molecular formula is C24H23N3O4S. The van der Waals surface area contributed by atoms with Crippen molar-refractivity contribution in [3.63, 3.8) is 0 Å². The number of aromatic nitrogens is 1. The predicted molar refractivity (Wildman–Crippen MR) is 122 cm³/mol. The van der Waals surface area contributed by atoms with Crippen molar-refractivity contribution in [2.24, 2.45) is 0 Å². The number of nitrogens with one attached hydrogen (secondary N) is 1. The van der Waals surface area contributed by atoms with Crippen LogP contribution in [0.3, 0.4) is 0 Å². The van der Waals surface area contributed by atoms with Crippen LogP contribution in [0.4, 0.5) is 0 Å². The second-order valence-electron chi connectivity index (χ2n) is 8.00. The number of carboxylic acids is 1. The number of benzene rings is 1. The minimum atomic E-state index is -0.954. The van der Waals surface area contributed by atoms with Gasteiger partial charge in [-0.15, -0.1) is 0 Å². The van der Waals surface area contributed by atoms with E-state index in [9.17, 15) is 4.79 Å². The van der Waals surface area contributed by atoms with Gasteiger partial charge in [0.2, 0.25) is 0 Å². The van der Waals surface area contributed by atoms with Crippen LogP contribution in [0.2, 0.25) is 0 Å². The van der Waals surface area contributed by atoms with E-state index in [1.165, 1.54) is 0 Å². The third-order valence-corrected chi connectivity index (χ3v) is 6.31.